The van der Waals surface area contributed by atoms with Gasteiger partial charge < -0.3 is 9.84 Å². The smallest absolute Gasteiger partial charge is 0.306 e. The number of halogens is 1. The number of rotatable bonds is 4. The number of aryl methyl sites for hydroxylation is 1. The molecule has 1 rings (SSSR count). The standard InChI is InChI=1S/C9H13BrN2O3/c1-5(9(13)14)4-6-7(10)12(2)11-8(6)15-3/h5H,4H2,1-3H3,(H,13,14). The largest absolute Gasteiger partial charge is 0.481 e. The van der Waals surface area contributed by atoms with Gasteiger partial charge in [0.2, 0.25) is 5.88 Å². The summed E-state index contributed by atoms with van der Waals surface area (Å²) in [5, 5.41) is 12.9. The van der Waals surface area contributed by atoms with Crippen LogP contribution in [0.25, 0.3) is 0 Å². The van der Waals surface area contributed by atoms with Gasteiger partial charge in [-0.2, -0.15) is 0 Å². The van der Waals surface area contributed by atoms with Crippen LogP contribution in [0, 0.1) is 5.92 Å². The van der Waals surface area contributed by atoms with Gasteiger partial charge in [0.05, 0.1) is 13.0 Å². The van der Waals surface area contributed by atoms with E-state index in [1.807, 2.05) is 0 Å². The molecule has 0 fully saturated rings. The highest BCUT2D eigenvalue weighted by atomic mass is 79.9. The zero-order valence-electron chi connectivity index (χ0n) is 8.82. The molecule has 6 heteroatoms. The molecule has 0 radical (unpaired) electrons. The predicted molar refractivity (Wildman–Crippen MR) is 58.0 cm³/mol. The Morgan fingerprint density at radius 3 is 2.80 bits per heavy atom. The van der Waals surface area contributed by atoms with Crippen LogP contribution in [0.2, 0.25) is 0 Å². The Hall–Kier alpha value is -1.04. The Kier molecular flexibility index (Phi) is 3.73. The fourth-order valence-corrected chi connectivity index (χ4v) is 1.66. The molecule has 0 spiro atoms. The number of aromatic nitrogens is 2. The van der Waals surface area contributed by atoms with Gasteiger partial charge in [-0.3, -0.25) is 9.48 Å². The fourth-order valence-electron chi connectivity index (χ4n) is 1.25. The minimum atomic E-state index is -0.826. The van der Waals surface area contributed by atoms with Crippen LogP contribution in [0.15, 0.2) is 4.60 Å². The maximum Gasteiger partial charge on any atom is 0.306 e. The van der Waals surface area contributed by atoms with Gasteiger partial charge in [0.15, 0.2) is 0 Å². The number of hydrogen-bond acceptors (Lipinski definition) is 3. The van der Waals surface area contributed by atoms with Crippen LogP contribution in [-0.2, 0) is 18.3 Å². The highest BCUT2D eigenvalue weighted by molar-refractivity contribution is 9.10. The molecule has 1 heterocycles. The van der Waals surface area contributed by atoms with E-state index in [4.69, 9.17) is 9.84 Å². The van der Waals surface area contributed by atoms with Crippen LogP contribution in [0.3, 0.4) is 0 Å². The first-order chi connectivity index (χ1) is 6.97. The van der Waals surface area contributed by atoms with Crippen molar-refractivity contribution in [1.82, 2.24) is 9.78 Å². The lowest BCUT2D eigenvalue weighted by atomic mass is 10.0. The Balaban J connectivity index is 2.97. The molecule has 1 aromatic heterocycles. The molecule has 1 unspecified atom stereocenters. The van der Waals surface area contributed by atoms with Gasteiger partial charge in [0.25, 0.3) is 0 Å². The molecule has 0 aliphatic rings. The molecule has 84 valence electrons. The lowest BCUT2D eigenvalue weighted by molar-refractivity contribution is -0.141. The lowest BCUT2D eigenvalue weighted by Gasteiger charge is -2.05. The first-order valence-corrected chi connectivity index (χ1v) is 5.24. The van der Waals surface area contributed by atoms with E-state index in [0.29, 0.717) is 12.3 Å². The number of ether oxygens (including phenoxy) is 1. The zero-order valence-corrected chi connectivity index (χ0v) is 10.4. The van der Waals surface area contributed by atoms with Crippen molar-refractivity contribution < 1.29 is 14.6 Å². The highest BCUT2D eigenvalue weighted by Crippen LogP contribution is 2.28. The Morgan fingerprint density at radius 2 is 2.33 bits per heavy atom. The van der Waals surface area contributed by atoms with Crippen LogP contribution in [0.4, 0.5) is 0 Å². The first-order valence-electron chi connectivity index (χ1n) is 4.45. The van der Waals surface area contributed by atoms with Crippen molar-refractivity contribution in [2.75, 3.05) is 7.11 Å². The molecule has 0 aromatic carbocycles. The Labute approximate surface area is 96.2 Å². The molecule has 0 bridgehead atoms. The second-order valence-electron chi connectivity index (χ2n) is 3.35. The van der Waals surface area contributed by atoms with Crippen molar-refractivity contribution in [1.29, 1.82) is 0 Å². The third-order valence-corrected chi connectivity index (χ3v) is 3.15. The molecule has 15 heavy (non-hydrogen) atoms. The van der Waals surface area contributed by atoms with E-state index in [0.717, 1.165) is 10.2 Å². The number of carboxylic acids is 1. The number of hydrogen-bond donors (Lipinski definition) is 1. The molecule has 1 atom stereocenters. The van der Waals surface area contributed by atoms with E-state index in [2.05, 4.69) is 21.0 Å². The summed E-state index contributed by atoms with van der Waals surface area (Å²) >= 11 is 3.35. The lowest BCUT2D eigenvalue weighted by Crippen LogP contribution is -2.12. The van der Waals surface area contributed by atoms with E-state index in [-0.39, 0.29) is 0 Å². The van der Waals surface area contributed by atoms with Crippen molar-refractivity contribution in [3.8, 4) is 5.88 Å². The van der Waals surface area contributed by atoms with Crippen LogP contribution >= 0.6 is 15.9 Å². The van der Waals surface area contributed by atoms with Crippen LogP contribution in [-0.4, -0.2) is 28.0 Å². The Bertz CT molecular complexity index is 376. The molecule has 0 saturated carbocycles. The van der Waals surface area contributed by atoms with E-state index in [9.17, 15) is 4.79 Å². The summed E-state index contributed by atoms with van der Waals surface area (Å²) in [5.41, 5.74) is 0.787. The minimum absolute atomic E-state index is 0.396. The van der Waals surface area contributed by atoms with Crippen molar-refractivity contribution in [2.45, 2.75) is 13.3 Å². The van der Waals surface area contributed by atoms with Gasteiger partial charge in [0.1, 0.15) is 4.60 Å². The van der Waals surface area contributed by atoms with Gasteiger partial charge in [-0.25, -0.2) is 0 Å². The SMILES string of the molecule is COc1nn(C)c(Br)c1CC(C)C(=O)O. The summed E-state index contributed by atoms with van der Waals surface area (Å²) in [6, 6.07) is 0. The molecule has 0 aliphatic heterocycles. The molecular formula is C9H13BrN2O3. The second-order valence-corrected chi connectivity index (χ2v) is 4.10. The van der Waals surface area contributed by atoms with Gasteiger partial charge in [-0.1, -0.05) is 6.92 Å². The van der Waals surface area contributed by atoms with Gasteiger partial charge in [-0.05, 0) is 22.4 Å². The van der Waals surface area contributed by atoms with Crippen molar-refractivity contribution in [3.05, 3.63) is 10.2 Å². The summed E-state index contributed by atoms with van der Waals surface area (Å²) in [4.78, 5) is 10.7. The maximum atomic E-state index is 10.7. The van der Waals surface area contributed by atoms with Crippen LogP contribution in [0.5, 0.6) is 5.88 Å². The molecule has 0 aliphatic carbocycles. The van der Waals surface area contributed by atoms with E-state index in [1.165, 1.54) is 7.11 Å². The summed E-state index contributed by atoms with van der Waals surface area (Å²) < 4.78 is 7.44. The van der Waals surface area contributed by atoms with E-state index < -0.39 is 11.9 Å². The number of methoxy groups -OCH3 is 1. The number of nitrogens with zero attached hydrogens (tertiary/aromatic N) is 2. The van der Waals surface area contributed by atoms with Crippen LogP contribution in [0.1, 0.15) is 12.5 Å². The quantitative estimate of drug-likeness (QED) is 0.904. The summed E-state index contributed by atoms with van der Waals surface area (Å²) in [6.45, 7) is 1.65. The predicted octanol–water partition coefficient (Wildman–Crippen LogP) is 1.45. The number of carbonyl (C=O) groups is 1. The van der Waals surface area contributed by atoms with E-state index in [1.54, 1.807) is 18.7 Å². The zero-order chi connectivity index (χ0) is 11.6. The van der Waals surface area contributed by atoms with Crippen LogP contribution < -0.4 is 4.74 Å². The third-order valence-electron chi connectivity index (χ3n) is 2.16. The summed E-state index contributed by atoms with van der Waals surface area (Å²) in [5.74, 6) is -0.815. The monoisotopic (exact) mass is 276 g/mol. The third kappa shape index (κ3) is 2.50. The van der Waals surface area contributed by atoms with Crippen molar-refractivity contribution in [2.24, 2.45) is 13.0 Å². The molecule has 0 saturated heterocycles. The van der Waals surface area contributed by atoms with Gasteiger partial charge in [0, 0.05) is 12.6 Å². The molecule has 1 N–H and O–H groups in total. The fraction of sp³-hybridized carbons (Fsp3) is 0.556. The molecule has 0 amide bonds. The average molecular weight is 277 g/mol. The van der Waals surface area contributed by atoms with Gasteiger partial charge in [-0.15, -0.1) is 5.10 Å². The summed E-state index contributed by atoms with van der Waals surface area (Å²) in [6.07, 6.45) is 0.396. The number of carboxylic acid groups (broad SMARTS) is 1. The average Bonchev–Trinajstić information content (AvgIpc) is 2.45. The minimum Gasteiger partial charge on any atom is -0.481 e. The van der Waals surface area contributed by atoms with E-state index >= 15 is 0 Å². The molecule has 1 aromatic rings. The topological polar surface area (TPSA) is 64.4 Å². The van der Waals surface area contributed by atoms with Gasteiger partial charge >= 0.3 is 5.97 Å². The number of aliphatic carboxylic acids is 1. The highest BCUT2D eigenvalue weighted by Gasteiger charge is 2.20. The Morgan fingerprint density at radius 1 is 1.73 bits per heavy atom. The first kappa shape index (κ1) is 12.0. The van der Waals surface area contributed by atoms with Crippen molar-refractivity contribution >= 4 is 21.9 Å². The summed E-state index contributed by atoms with van der Waals surface area (Å²) in [7, 11) is 3.28. The second kappa shape index (κ2) is 4.65. The van der Waals surface area contributed by atoms with Crippen molar-refractivity contribution in [3.63, 3.8) is 0 Å². The maximum absolute atomic E-state index is 10.7. The molecule has 5 nitrogen and oxygen atoms in total. The normalized spacial score (nSPS) is 12.5. The molecular weight excluding hydrogens is 264 g/mol.